The maximum atomic E-state index is 11.0. The maximum absolute atomic E-state index is 11.0. The van der Waals surface area contributed by atoms with Gasteiger partial charge in [0.05, 0.1) is 0 Å². The second-order valence-electron chi connectivity index (χ2n) is 3.65. The van der Waals surface area contributed by atoms with Crippen molar-refractivity contribution < 1.29 is 4.79 Å². The van der Waals surface area contributed by atoms with Gasteiger partial charge in [-0.1, -0.05) is 0 Å². The van der Waals surface area contributed by atoms with Crippen molar-refractivity contribution in [3.63, 3.8) is 0 Å². The van der Waals surface area contributed by atoms with Crippen LogP contribution in [0.1, 0.15) is 19.8 Å². The summed E-state index contributed by atoms with van der Waals surface area (Å²) in [6, 6.07) is 0. The Labute approximate surface area is 66.8 Å². The summed E-state index contributed by atoms with van der Waals surface area (Å²) in [5.74, 6) is 0.218. The first-order valence-electron chi connectivity index (χ1n) is 4.22. The molecule has 2 fully saturated rings. The standard InChI is InChI=1S/C8H14N2O/c1-7(11)10-5-3-8(6-10)2-4-9-8/h9H,2-6H2,1H3/t8-/m1/s1. The van der Waals surface area contributed by atoms with E-state index in [9.17, 15) is 4.79 Å². The zero-order valence-electron chi connectivity index (χ0n) is 6.89. The van der Waals surface area contributed by atoms with Gasteiger partial charge in [-0.05, 0) is 19.4 Å². The first kappa shape index (κ1) is 7.10. The van der Waals surface area contributed by atoms with E-state index >= 15 is 0 Å². The number of carbonyl (C=O) groups is 1. The van der Waals surface area contributed by atoms with Crippen LogP contribution in [-0.2, 0) is 4.79 Å². The molecule has 0 aromatic carbocycles. The van der Waals surface area contributed by atoms with Gasteiger partial charge in [-0.25, -0.2) is 0 Å². The predicted octanol–water partition coefficient (Wildman–Crippen LogP) is -0.0293. The van der Waals surface area contributed by atoms with Crippen molar-refractivity contribution in [2.75, 3.05) is 19.6 Å². The molecule has 0 saturated carbocycles. The first-order valence-corrected chi connectivity index (χ1v) is 4.22. The maximum Gasteiger partial charge on any atom is 0.219 e. The minimum atomic E-state index is 0.218. The summed E-state index contributed by atoms with van der Waals surface area (Å²) in [4.78, 5) is 12.9. The van der Waals surface area contributed by atoms with E-state index in [0.717, 1.165) is 26.1 Å². The van der Waals surface area contributed by atoms with E-state index in [1.807, 2.05) is 4.90 Å². The molecule has 0 aliphatic carbocycles. The van der Waals surface area contributed by atoms with Crippen LogP contribution in [0.2, 0.25) is 0 Å². The molecule has 2 aliphatic rings. The highest BCUT2D eigenvalue weighted by molar-refractivity contribution is 5.73. The van der Waals surface area contributed by atoms with E-state index in [1.165, 1.54) is 6.42 Å². The smallest absolute Gasteiger partial charge is 0.219 e. The summed E-state index contributed by atoms with van der Waals surface area (Å²) in [6.45, 7) is 4.66. The molecule has 1 spiro atoms. The number of amides is 1. The van der Waals surface area contributed by atoms with Gasteiger partial charge >= 0.3 is 0 Å². The molecule has 1 N–H and O–H groups in total. The molecule has 0 radical (unpaired) electrons. The van der Waals surface area contributed by atoms with Gasteiger partial charge in [-0.15, -0.1) is 0 Å². The van der Waals surface area contributed by atoms with Crippen molar-refractivity contribution in [1.82, 2.24) is 10.2 Å². The number of hydrogen-bond acceptors (Lipinski definition) is 2. The fraction of sp³-hybridized carbons (Fsp3) is 0.875. The molecule has 2 saturated heterocycles. The minimum Gasteiger partial charge on any atom is -0.341 e. The molecule has 3 nitrogen and oxygen atoms in total. The molecule has 0 unspecified atom stereocenters. The number of carbonyl (C=O) groups excluding carboxylic acids is 1. The molecule has 62 valence electrons. The Balaban J connectivity index is 1.98. The summed E-state index contributed by atoms with van der Waals surface area (Å²) >= 11 is 0. The van der Waals surface area contributed by atoms with Gasteiger partial charge in [0.1, 0.15) is 0 Å². The molecule has 3 heteroatoms. The van der Waals surface area contributed by atoms with Crippen LogP contribution in [0.5, 0.6) is 0 Å². The number of rotatable bonds is 0. The summed E-state index contributed by atoms with van der Waals surface area (Å²) in [5.41, 5.74) is 0.325. The molecule has 11 heavy (non-hydrogen) atoms. The van der Waals surface area contributed by atoms with E-state index in [1.54, 1.807) is 6.92 Å². The van der Waals surface area contributed by atoms with Gasteiger partial charge in [0.15, 0.2) is 0 Å². The van der Waals surface area contributed by atoms with Crippen LogP contribution >= 0.6 is 0 Å². The predicted molar refractivity (Wildman–Crippen MR) is 42.2 cm³/mol. The van der Waals surface area contributed by atoms with E-state index in [-0.39, 0.29) is 5.91 Å². The molecule has 2 rings (SSSR count). The number of nitrogens with zero attached hydrogens (tertiary/aromatic N) is 1. The third-order valence-electron chi connectivity index (χ3n) is 2.90. The SMILES string of the molecule is CC(=O)N1CC[C@]2(CCN2)C1. The van der Waals surface area contributed by atoms with Crippen molar-refractivity contribution in [1.29, 1.82) is 0 Å². The lowest BCUT2D eigenvalue weighted by atomic mass is 9.87. The Morgan fingerprint density at radius 1 is 1.55 bits per heavy atom. The van der Waals surface area contributed by atoms with E-state index in [2.05, 4.69) is 5.32 Å². The summed E-state index contributed by atoms with van der Waals surface area (Å²) in [5, 5.41) is 3.41. The molecule has 2 heterocycles. The zero-order chi connectivity index (χ0) is 7.90. The van der Waals surface area contributed by atoms with Crippen molar-refractivity contribution >= 4 is 5.91 Å². The summed E-state index contributed by atoms with van der Waals surface area (Å²) in [6.07, 6.45) is 2.39. The molecule has 0 aromatic heterocycles. The van der Waals surface area contributed by atoms with Crippen molar-refractivity contribution in [3.8, 4) is 0 Å². The number of hydrogen-bond donors (Lipinski definition) is 1. The molecular weight excluding hydrogens is 140 g/mol. The third kappa shape index (κ3) is 1.03. The monoisotopic (exact) mass is 154 g/mol. The van der Waals surface area contributed by atoms with Crippen molar-refractivity contribution in [2.45, 2.75) is 25.3 Å². The molecular formula is C8H14N2O. The molecule has 2 aliphatic heterocycles. The van der Waals surface area contributed by atoms with Crippen LogP contribution in [0.3, 0.4) is 0 Å². The van der Waals surface area contributed by atoms with Crippen molar-refractivity contribution in [2.24, 2.45) is 0 Å². The average Bonchev–Trinajstić information content (AvgIpc) is 2.28. The number of likely N-dealkylation sites (tertiary alicyclic amines) is 1. The quantitative estimate of drug-likeness (QED) is 0.531. The highest BCUT2D eigenvalue weighted by Gasteiger charge is 2.43. The topological polar surface area (TPSA) is 32.3 Å². The van der Waals surface area contributed by atoms with Gasteiger partial charge in [-0.2, -0.15) is 0 Å². The second-order valence-corrected chi connectivity index (χ2v) is 3.65. The van der Waals surface area contributed by atoms with Gasteiger partial charge in [-0.3, -0.25) is 4.79 Å². The van der Waals surface area contributed by atoms with Gasteiger partial charge in [0.25, 0.3) is 0 Å². The van der Waals surface area contributed by atoms with Crippen LogP contribution in [0, 0.1) is 0 Å². The Morgan fingerprint density at radius 2 is 2.27 bits per heavy atom. The lowest BCUT2D eigenvalue weighted by Crippen LogP contribution is -2.58. The molecule has 0 aromatic rings. The lowest BCUT2D eigenvalue weighted by molar-refractivity contribution is -0.128. The fourth-order valence-electron chi connectivity index (χ4n) is 1.97. The van der Waals surface area contributed by atoms with Gasteiger partial charge in [0, 0.05) is 25.6 Å². The zero-order valence-corrected chi connectivity index (χ0v) is 6.89. The molecule has 1 atom stereocenters. The van der Waals surface area contributed by atoms with E-state index in [4.69, 9.17) is 0 Å². The summed E-state index contributed by atoms with van der Waals surface area (Å²) < 4.78 is 0. The second kappa shape index (κ2) is 2.21. The molecule has 1 amide bonds. The molecule has 0 bridgehead atoms. The Bertz CT molecular complexity index is 187. The normalized spacial score (nSPS) is 35.9. The van der Waals surface area contributed by atoms with E-state index < -0.39 is 0 Å². The van der Waals surface area contributed by atoms with Crippen LogP contribution in [0.4, 0.5) is 0 Å². The Hall–Kier alpha value is -0.570. The Morgan fingerprint density at radius 3 is 2.55 bits per heavy atom. The minimum absolute atomic E-state index is 0.218. The average molecular weight is 154 g/mol. The van der Waals surface area contributed by atoms with Crippen LogP contribution < -0.4 is 5.32 Å². The summed E-state index contributed by atoms with van der Waals surface area (Å²) in [7, 11) is 0. The Kier molecular flexibility index (Phi) is 1.42. The van der Waals surface area contributed by atoms with Gasteiger partial charge in [0.2, 0.25) is 5.91 Å². The first-order chi connectivity index (χ1) is 5.22. The van der Waals surface area contributed by atoms with Crippen LogP contribution in [0.25, 0.3) is 0 Å². The fourth-order valence-corrected chi connectivity index (χ4v) is 1.97. The highest BCUT2D eigenvalue weighted by atomic mass is 16.2. The lowest BCUT2D eigenvalue weighted by Gasteiger charge is -2.39. The highest BCUT2D eigenvalue weighted by Crippen LogP contribution is 2.29. The van der Waals surface area contributed by atoms with Crippen LogP contribution in [-0.4, -0.2) is 36.0 Å². The van der Waals surface area contributed by atoms with Crippen molar-refractivity contribution in [3.05, 3.63) is 0 Å². The van der Waals surface area contributed by atoms with Gasteiger partial charge < -0.3 is 10.2 Å². The van der Waals surface area contributed by atoms with Crippen LogP contribution in [0.15, 0.2) is 0 Å². The van der Waals surface area contributed by atoms with E-state index in [0.29, 0.717) is 5.54 Å². The number of nitrogens with one attached hydrogen (secondary N) is 1. The largest absolute Gasteiger partial charge is 0.341 e. The third-order valence-corrected chi connectivity index (χ3v) is 2.90.